The first-order chi connectivity index (χ1) is 5.04. The highest BCUT2D eigenvalue weighted by molar-refractivity contribution is 5.84. The highest BCUT2D eigenvalue weighted by Gasteiger charge is 2.35. The fraction of sp³-hybridized carbons (Fsp3) is 0.875. The van der Waals surface area contributed by atoms with Gasteiger partial charge in [0, 0.05) is 0 Å². The van der Waals surface area contributed by atoms with Crippen molar-refractivity contribution in [3.8, 4) is 0 Å². The van der Waals surface area contributed by atoms with Crippen LogP contribution in [0.3, 0.4) is 0 Å². The molecule has 0 aromatic carbocycles. The van der Waals surface area contributed by atoms with Crippen LogP contribution >= 0.6 is 0 Å². The first-order valence-electron chi connectivity index (χ1n) is 4.13. The highest BCUT2D eigenvalue weighted by atomic mass is 16.1. The number of rotatable bonds is 1. The Morgan fingerprint density at radius 3 is 2.64 bits per heavy atom. The van der Waals surface area contributed by atoms with E-state index in [1.165, 1.54) is 6.42 Å². The number of primary amides is 1. The van der Waals surface area contributed by atoms with E-state index in [-0.39, 0.29) is 5.91 Å². The van der Waals surface area contributed by atoms with Gasteiger partial charge in [-0.1, -0.05) is 19.8 Å². The lowest BCUT2D eigenvalue weighted by Crippen LogP contribution is -2.54. The summed E-state index contributed by atoms with van der Waals surface area (Å²) in [4.78, 5) is 10.9. The van der Waals surface area contributed by atoms with E-state index >= 15 is 0 Å². The van der Waals surface area contributed by atoms with E-state index in [0.29, 0.717) is 5.92 Å². The standard InChI is InChI=1S/C8H16N2O/c1-6-3-2-4-8(10,5-6)7(9)11/h6H,2-5,10H2,1H3,(H2,9,11)/t6-,8-/m1/s1. The lowest BCUT2D eigenvalue weighted by molar-refractivity contribution is -0.124. The van der Waals surface area contributed by atoms with Crippen LogP contribution in [0.1, 0.15) is 32.6 Å². The van der Waals surface area contributed by atoms with Crippen molar-refractivity contribution in [1.82, 2.24) is 0 Å². The average Bonchev–Trinajstić information content (AvgIpc) is 1.86. The quantitative estimate of drug-likeness (QED) is 0.576. The van der Waals surface area contributed by atoms with E-state index in [4.69, 9.17) is 11.5 Å². The number of carbonyl (C=O) groups excluding carboxylic acids is 1. The van der Waals surface area contributed by atoms with Gasteiger partial charge in [0.1, 0.15) is 0 Å². The Bertz CT molecular complexity index is 169. The predicted molar refractivity (Wildman–Crippen MR) is 43.7 cm³/mol. The molecule has 2 atom stereocenters. The third kappa shape index (κ3) is 1.71. The van der Waals surface area contributed by atoms with Gasteiger partial charge in [-0.2, -0.15) is 0 Å². The van der Waals surface area contributed by atoms with Gasteiger partial charge in [0.2, 0.25) is 5.91 Å². The van der Waals surface area contributed by atoms with Gasteiger partial charge in [0.05, 0.1) is 5.54 Å². The molecule has 0 aromatic rings. The molecule has 1 amide bonds. The van der Waals surface area contributed by atoms with E-state index in [1.54, 1.807) is 0 Å². The predicted octanol–water partition coefficient (Wildman–Crippen LogP) is 0.379. The van der Waals surface area contributed by atoms with E-state index in [2.05, 4.69) is 6.92 Å². The number of amides is 1. The van der Waals surface area contributed by atoms with Crippen LogP contribution < -0.4 is 11.5 Å². The van der Waals surface area contributed by atoms with Crippen molar-refractivity contribution in [2.24, 2.45) is 17.4 Å². The number of nitrogens with two attached hydrogens (primary N) is 2. The summed E-state index contributed by atoms with van der Waals surface area (Å²) in [5, 5.41) is 0. The van der Waals surface area contributed by atoms with Crippen molar-refractivity contribution in [2.45, 2.75) is 38.1 Å². The molecule has 11 heavy (non-hydrogen) atoms. The second kappa shape index (κ2) is 2.81. The maximum absolute atomic E-state index is 10.9. The largest absolute Gasteiger partial charge is 0.368 e. The number of hydrogen-bond acceptors (Lipinski definition) is 2. The molecule has 3 heteroatoms. The van der Waals surface area contributed by atoms with Crippen molar-refractivity contribution in [3.63, 3.8) is 0 Å². The molecular formula is C8H16N2O. The summed E-state index contributed by atoms with van der Waals surface area (Å²) in [6, 6.07) is 0. The second-order valence-electron chi connectivity index (χ2n) is 3.72. The molecule has 1 aliphatic carbocycles. The van der Waals surface area contributed by atoms with Gasteiger partial charge in [0.25, 0.3) is 0 Å². The topological polar surface area (TPSA) is 69.1 Å². The zero-order chi connectivity index (χ0) is 8.48. The summed E-state index contributed by atoms with van der Waals surface area (Å²) < 4.78 is 0. The van der Waals surface area contributed by atoms with Gasteiger partial charge in [-0.15, -0.1) is 0 Å². The van der Waals surface area contributed by atoms with Crippen LogP contribution in [-0.2, 0) is 4.79 Å². The lowest BCUT2D eigenvalue weighted by atomic mass is 9.77. The summed E-state index contributed by atoms with van der Waals surface area (Å²) in [6.07, 6.45) is 3.71. The Balaban J connectivity index is 2.63. The normalized spacial score (nSPS) is 38.5. The summed E-state index contributed by atoms with van der Waals surface area (Å²) in [5.74, 6) is 0.199. The van der Waals surface area contributed by atoms with Gasteiger partial charge < -0.3 is 11.5 Å². The van der Waals surface area contributed by atoms with Crippen LogP contribution in [-0.4, -0.2) is 11.4 Å². The fourth-order valence-corrected chi connectivity index (χ4v) is 1.82. The van der Waals surface area contributed by atoms with Gasteiger partial charge >= 0.3 is 0 Å². The Morgan fingerprint density at radius 2 is 2.27 bits per heavy atom. The monoisotopic (exact) mass is 156 g/mol. The lowest BCUT2D eigenvalue weighted by Gasteiger charge is -2.33. The van der Waals surface area contributed by atoms with Crippen molar-refractivity contribution in [2.75, 3.05) is 0 Å². The van der Waals surface area contributed by atoms with E-state index in [9.17, 15) is 4.79 Å². The number of carbonyl (C=O) groups is 1. The molecule has 1 saturated carbocycles. The SMILES string of the molecule is C[C@@H]1CCC[C@](N)(C(N)=O)C1. The summed E-state index contributed by atoms with van der Waals surface area (Å²) in [5.41, 5.74) is 10.3. The molecule has 1 aliphatic rings. The van der Waals surface area contributed by atoms with Crippen LogP contribution in [0.4, 0.5) is 0 Å². The molecule has 0 unspecified atom stereocenters. The molecule has 1 fully saturated rings. The van der Waals surface area contributed by atoms with Crippen LogP contribution in [0, 0.1) is 5.92 Å². The molecule has 0 aromatic heterocycles. The van der Waals surface area contributed by atoms with Crippen LogP contribution in [0.25, 0.3) is 0 Å². The maximum atomic E-state index is 10.9. The molecule has 0 bridgehead atoms. The Hall–Kier alpha value is -0.570. The first kappa shape index (κ1) is 8.53. The second-order valence-corrected chi connectivity index (χ2v) is 3.72. The minimum Gasteiger partial charge on any atom is -0.368 e. The van der Waals surface area contributed by atoms with Gasteiger partial charge in [0.15, 0.2) is 0 Å². The molecule has 1 rings (SSSR count). The number of hydrogen-bond donors (Lipinski definition) is 2. The zero-order valence-corrected chi connectivity index (χ0v) is 6.97. The van der Waals surface area contributed by atoms with Crippen LogP contribution in [0.2, 0.25) is 0 Å². The van der Waals surface area contributed by atoms with Crippen molar-refractivity contribution < 1.29 is 4.79 Å². The smallest absolute Gasteiger partial charge is 0.237 e. The molecule has 3 nitrogen and oxygen atoms in total. The third-order valence-corrected chi connectivity index (χ3v) is 2.52. The van der Waals surface area contributed by atoms with Gasteiger partial charge in [-0.05, 0) is 18.8 Å². The Kier molecular flexibility index (Phi) is 2.18. The fourth-order valence-electron chi connectivity index (χ4n) is 1.82. The minimum atomic E-state index is -0.711. The van der Waals surface area contributed by atoms with Crippen LogP contribution in [0.5, 0.6) is 0 Å². The van der Waals surface area contributed by atoms with E-state index < -0.39 is 5.54 Å². The third-order valence-electron chi connectivity index (χ3n) is 2.52. The minimum absolute atomic E-state index is 0.343. The zero-order valence-electron chi connectivity index (χ0n) is 6.97. The summed E-state index contributed by atoms with van der Waals surface area (Å²) in [6.45, 7) is 2.11. The molecule has 0 spiro atoms. The summed E-state index contributed by atoms with van der Waals surface area (Å²) in [7, 11) is 0. The van der Waals surface area contributed by atoms with Crippen molar-refractivity contribution in [3.05, 3.63) is 0 Å². The Morgan fingerprint density at radius 1 is 1.64 bits per heavy atom. The molecule has 0 saturated heterocycles. The highest BCUT2D eigenvalue weighted by Crippen LogP contribution is 2.29. The summed E-state index contributed by atoms with van der Waals surface area (Å²) >= 11 is 0. The van der Waals surface area contributed by atoms with Gasteiger partial charge in [-0.25, -0.2) is 0 Å². The average molecular weight is 156 g/mol. The molecule has 0 heterocycles. The van der Waals surface area contributed by atoms with E-state index in [0.717, 1.165) is 19.3 Å². The molecule has 64 valence electrons. The van der Waals surface area contributed by atoms with E-state index in [1.807, 2.05) is 0 Å². The Labute approximate surface area is 67.1 Å². The maximum Gasteiger partial charge on any atom is 0.237 e. The molecular weight excluding hydrogens is 140 g/mol. The van der Waals surface area contributed by atoms with Crippen LogP contribution in [0.15, 0.2) is 0 Å². The molecule has 4 N–H and O–H groups in total. The van der Waals surface area contributed by atoms with Crippen molar-refractivity contribution >= 4 is 5.91 Å². The van der Waals surface area contributed by atoms with Crippen molar-refractivity contribution in [1.29, 1.82) is 0 Å². The first-order valence-corrected chi connectivity index (χ1v) is 4.13. The van der Waals surface area contributed by atoms with Gasteiger partial charge in [-0.3, -0.25) is 4.79 Å². The molecule has 0 aliphatic heterocycles. The molecule has 0 radical (unpaired) electrons.